The monoisotopic (exact) mass is 220 g/mol. The van der Waals surface area contributed by atoms with Crippen molar-refractivity contribution in [2.75, 3.05) is 5.33 Å². The molecule has 3 heteroatoms. The zero-order chi connectivity index (χ0) is 8.91. The van der Waals surface area contributed by atoms with Crippen LogP contribution < -0.4 is 0 Å². The maximum absolute atomic E-state index is 10.6. The first-order chi connectivity index (χ1) is 5.00. The Hall–Kier alpha value is -0.310. The lowest BCUT2D eigenvalue weighted by atomic mass is 9.89. The fourth-order valence-corrected chi connectivity index (χ4v) is 0.793. The molecule has 0 rings (SSSR count). The van der Waals surface area contributed by atoms with Gasteiger partial charge in [0.1, 0.15) is 0 Å². The zero-order valence-corrected chi connectivity index (χ0v) is 8.39. The molecule has 0 aromatic heterocycles. The van der Waals surface area contributed by atoms with Gasteiger partial charge in [-0.05, 0) is 20.3 Å². The van der Waals surface area contributed by atoms with E-state index in [4.69, 9.17) is 5.11 Å². The number of carbonyl (C=O) groups is 1. The molecule has 64 valence electrons. The van der Waals surface area contributed by atoms with Gasteiger partial charge >= 0.3 is 5.97 Å². The molecule has 0 fully saturated rings. The van der Waals surface area contributed by atoms with Gasteiger partial charge in [-0.3, -0.25) is 4.79 Å². The van der Waals surface area contributed by atoms with Crippen LogP contribution in [0.2, 0.25) is 0 Å². The molecule has 11 heavy (non-hydrogen) atoms. The number of hydrogen-bond donors (Lipinski definition) is 1. The molecule has 0 heterocycles. The van der Waals surface area contributed by atoms with Crippen molar-refractivity contribution in [1.29, 1.82) is 0 Å². The van der Waals surface area contributed by atoms with Crippen molar-refractivity contribution in [2.45, 2.75) is 20.3 Å². The van der Waals surface area contributed by atoms with E-state index in [2.05, 4.69) is 15.9 Å². The van der Waals surface area contributed by atoms with Crippen LogP contribution in [0.3, 0.4) is 0 Å². The van der Waals surface area contributed by atoms with Crippen molar-refractivity contribution in [3.8, 4) is 0 Å². The Kier molecular flexibility index (Phi) is 4.42. The molecule has 0 aromatic carbocycles. The van der Waals surface area contributed by atoms with Gasteiger partial charge in [-0.1, -0.05) is 28.1 Å². The van der Waals surface area contributed by atoms with Crippen LogP contribution in [0.5, 0.6) is 0 Å². The summed E-state index contributed by atoms with van der Waals surface area (Å²) in [5.74, 6) is -0.753. The molecule has 0 aliphatic rings. The van der Waals surface area contributed by atoms with E-state index >= 15 is 0 Å². The third-order valence-corrected chi connectivity index (χ3v) is 1.84. The summed E-state index contributed by atoms with van der Waals surface area (Å²) < 4.78 is 0. The molecule has 0 aromatic rings. The molecule has 0 radical (unpaired) electrons. The first-order valence-corrected chi connectivity index (χ1v) is 4.57. The Morgan fingerprint density at radius 1 is 1.55 bits per heavy atom. The van der Waals surface area contributed by atoms with Crippen molar-refractivity contribution in [1.82, 2.24) is 0 Å². The smallest absolute Gasteiger partial charge is 0.309 e. The van der Waals surface area contributed by atoms with Crippen LogP contribution in [0.4, 0.5) is 0 Å². The van der Waals surface area contributed by atoms with Crippen LogP contribution in [0.15, 0.2) is 12.2 Å². The highest BCUT2D eigenvalue weighted by atomic mass is 79.9. The number of carboxylic acids is 1. The number of hydrogen-bond acceptors (Lipinski definition) is 1. The van der Waals surface area contributed by atoms with E-state index in [1.54, 1.807) is 13.8 Å². The van der Waals surface area contributed by atoms with Crippen LogP contribution in [0, 0.1) is 5.41 Å². The molecule has 1 N–H and O–H groups in total. The topological polar surface area (TPSA) is 37.3 Å². The molecule has 0 saturated carbocycles. The van der Waals surface area contributed by atoms with Gasteiger partial charge in [0.05, 0.1) is 5.41 Å². The minimum atomic E-state index is -0.753. The normalized spacial score (nSPS) is 12.3. The number of alkyl halides is 1. The van der Waals surface area contributed by atoms with Crippen LogP contribution >= 0.6 is 15.9 Å². The first kappa shape index (κ1) is 10.7. The third kappa shape index (κ3) is 4.19. The summed E-state index contributed by atoms with van der Waals surface area (Å²) in [6.45, 7) is 3.43. The van der Waals surface area contributed by atoms with Gasteiger partial charge in [-0.25, -0.2) is 0 Å². The number of halogens is 1. The average molecular weight is 221 g/mol. The first-order valence-electron chi connectivity index (χ1n) is 3.45. The molecule has 0 amide bonds. The summed E-state index contributed by atoms with van der Waals surface area (Å²) in [5.41, 5.74) is -0.640. The summed E-state index contributed by atoms with van der Waals surface area (Å²) in [6, 6.07) is 0. The summed E-state index contributed by atoms with van der Waals surface area (Å²) in [6.07, 6.45) is 4.36. The summed E-state index contributed by atoms with van der Waals surface area (Å²) >= 11 is 3.22. The van der Waals surface area contributed by atoms with Crippen molar-refractivity contribution in [2.24, 2.45) is 5.41 Å². The molecule has 0 aliphatic heterocycles. The van der Waals surface area contributed by atoms with Gasteiger partial charge in [-0.2, -0.15) is 0 Å². The van der Waals surface area contributed by atoms with E-state index in [0.717, 1.165) is 5.33 Å². The van der Waals surface area contributed by atoms with Crippen molar-refractivity contribution < 1.29 is 9.90 Å². The Morgan fingerprint density at radius 2 is 2.09 bits per heavy atom. The molecule has 0 atom stereocenters. The standard InChI is InChI=1S/C8H13BrO2/c1-8(2,7(10)11)5-3-4-6-9/h3-4H,5-6H2,1-2H3,(H,10,11)/b4-3+. The highest BCUT2D eigenvalue weighted by Crippen LogP contribution is 2.20. The van der Waals surface area contributed by atoms with Crippen molar-refractivity contribution in [3.05, 3.63) is 12.2 Å². The van der Waals surface area contributed by atoms with Crippen LogP contribution in [0.1, 0.15) is 20.3 Å². The lowest BCUT2D eigenvalue weighted by molar-refractivity contribution is -0.146. The lowest BCUT2D eigenvalue weighted by Crippen LogP contribution is -2.22. The minimum Gasteiger partial charge on any atom is -0.481 e. The molecule has 0 spiro atoms. The number of aliphatic carboxylic acids is 1. The van der Waals surface area contributed by atoms with E-state index in [0.29, 0.717) is 6.42 Å². The van der Waals surface area contributed by atoms with Crippen molar-refractivity contribution in [3.63, 3.8) is 0 Å². The van der Waals surface area contributed by atoms with Gasteiger partial charge in [0.25, 0.3) is 0 Å². The minimum absolute atomic E-state index is 0.577. The third-order valence-electron chi connectivity index (χ3n) is 1.46. The van der Waals surface area contributed by atoms with E-state index in [1.807, 2.05) is 12.2 Å². The fraction of sp³-hybridized carbons (Fsp3) is 0.625. The number of rotatable bonds is 4. The predicted octanol–water partition coefficient (Wildman–Crippen LogP) is 2.44. The largest absolute Gasteiger partial charge is 0.481 e. The van der Waals surface area contributed by atoms with Crippen LogP contribution in [0.25, 0.3) is 0 Å². The molecular weight excluding hydrogens is 208 g/mol. The van der Waals surface area contributed by atoms with E-state index in [9.17, 15) is 4.79 Å². The number of carboxylic acid groups (broad SMARTS) is 1. The fourth-order valence-electron chi connectivity index (χ4n) is 0.528. The Balaban J connectivity index is 3.92. The maximum Gasteiger partial charge on any atom is 0.309 e. The van der Waals surface area contributed by atoms with E-state index in [1.165, 1.54) is 0 Å². The van der Waals surface area contributed by atoms with Gasteiger partial charge < -0.3 is 5.11 Å². The zero-order valence-electron chi connectivity index (χ0n) is 6.80. The molecule has 0 unspecified atom stereocenters. The Labute approximate surface area is 75.4 Å². The summed E-state index contributed by atoms with van der Waals surface area (Å²) in [7, 11) is 0. The second kappa shape index (κ2) is 4.54. The molecular formula is C8H13BrO2. The quantitative estimate of drug-likeness (QED) is 0.584. The molecule has 2 nitrogen and oxygen atoms in total. The maximum atomic E-state index is 10.6. The second-order valence-electron chi connectivity index (χ2n) is 3.02. The van der Waals surface area contributed by atoms with Gasteiger partial charge in [0.15, 0.2) is 0 Å². The average Bonchev–Trinajstić information content (AvgIpc) is 1.88. The Morgan fingerprint density at radius 3 is 2.45 bits per heavy atom. The van der Waals surface area contributed by atoms with E-state index in [-0.39, 0.29) is 0 Å². The van der Waals surface area contributed by atoms with E-state index < -0.39 is 11.4 Å². The van der Waals surface area contributed by atoms with Crippen molar-refractivity contribution >= 4 is 21.9 Å². The van der Waals surface area contributed by atoms with Crippen LogP contribution in [-0.4, -0.2) is 16.4 Å². The highest BCUT2D eigenvalue weighted by molar-refractivity contribution is 9.09. The summed E-state index contributed by atoms with van der Waals surface area (Å²) in [5, 5.41) is 9.48. The summed E-state index contributed by atoms with van der Waals surface area (Å²) in [4.78, 5) is 10.6. The predicted molar refractivity (Wildman–Crippen MR) is 49.0 cm³/mol. The van der Waals surface area contributed by atoms with Gasteiger partial charge in [0, 0.05) is 5.33 Å². The van der Waals surface area contributed by atoms with Gasteiger partial charge in [-0.15, -0.1) is 0 Å². The molecule has 0 aliphatic carbocycles. The second-order valence-corrected chi connectivity index (χ2v) is 3.67. The number of allylic oxidation sites excluding steroid dienone is 2. The van der Waals surface area contributed by atoms with Crippen LogP contribution in [-0.2, 0) is 4.79 Å². The molecule has 0 bridgehead atoms. The molecule has 0 saturated heterocycles. The SMILES string of the molecule is CC(C)(C/C=C/CBr)C(=O)O. The van der Waals surface area contributed by atoms with Gasteiger partial charge in [0.2, 0.25) is 0 Å². The lowest BCUT2D eigenvalue weighted by Gasteiger charge is -2.15. The highest BCUT2D eigenvalue weighted by Gasteiger charge is 2.24. The Bertz CT molecular complexity index is 161.